The van der Waals surface area contributed by atoms with Crippen molar-refractivity contribution in [1.29, 1.82) is 0 Å². The maximum Gasteiger partial charge on any atom is 0.248 e. The van der Waals surface area contributed by atoms with Gasteiger partial charge in [-0.25, -0.2) is 0 Å². The van der Waals surface area contributed by atoms with E-state index in [1.165, 1.54) is 11.1 Å². The lowest BCUT2D eigenvalue weighted by Gasteiger charge is -2.26. The molecule has 1 atom stereocenters. The zero-order valence-electron chi connectivity index (χ0n) is 11.2. The molecule has 1 heterocycles. The van der Waals surface area contributed by atoms with E-state index in [-0.39, 0.29) is 5.56 Å². The van der Waals surface area contributed by atoms with Crippen LogP contribution in [0.25, 0.3) is 0 Å². The van der Waals surface area contributed by atoms with Crippen LogP contribution in [-0.2, 0) is 13.0 Å². The monoisotopic (exact) mass is 332 g/mol. The van der Waals surface area contributed by atoms with Gasteiger partial charge in [-0.05, 0) is 42.5 Å². The lowest BCUT2D eigenvalue weighted by Crippen LogP contribution is -2.27. The number of hydrogen-bond donors (Lipinski definition) is 2. The molecule has 0 saturated heterocycles. The van der Waals surface area contributed by atoms with Crippen LogP contribution < -0.4 is 10.9 Å². The van der Waals surface area contributed by atoms with Crippen LogP contribution in [0.3, 0.4) is 0 Å². The van der Waals surface area contributed by atoms with Crippen LogP contribution in [0.1, 0.15) is 35.7 Å². The molecular formula is C16H17BrN2O. The maximum atomic E-state index is 11.4. The first kappa shape index (κ1) is 13.6. The number of rotatable bonds is 3. The van der Waals surface area contributed by atoms with E-state index in [0.717, 1.165) is 36.0 Å². The van der Waals surface area contributed by atoms with Crippen LogP contribution in [-0.4, -0.2) is 4.98 Å². The highest BCUT2D eigenvalue weighted by molar-refractivity contribution is 9.10. The molecule has 104 valence electrons. The summed E-state index contributed by atoms with van der Waals surface area (Å²) in [6, 6.07) is 12.2. The Morgan fingerprint density at radius 1 is 1.30 bits per heavy atom. The van der Waals surface area contributed by atoms with Crippen LogP contribution in [0.5, 0.6) is 0 Å². The summed E-state index contributed by atoms with van der Waals surface area (Å²) >= 11 is 3.49. The molecule has 0 amide bonds. The number of aryl methyl sites for hydroxylation is 1. The van der Waals surface area contributed by atoms with Gasteiger partial charge >= 0.3 is 0 Å². The summed E-state index contributed by atoms with van der Waals surface area (Å²) in [5, 5.41) is 3.60. The molecule has 0 aliphatic heterocycles. The molecule has 0 spiro atoms. The third kappa shape index (κ3) is 3.02. The van der Waals surface area contributed by atoms with Crippen molar-refractivity contribution in [3.05, 3.63) is 68.0 Å². The second-order valence-electron chi connectivity index (χ2n) is 5.21. The number of pyridine rings is 1. The molecule has 0 fully saturated rings. The fourth-order valence-corrected chi connectivity index (χ4v) is 3.25. The van der Waals surface area contributed by atoms with Crippen LogP contribution in [0.4, 0.5) is 0 Å². The fraction of sp³-hybridized carbons (Fsp3) is 0.312. The first-order valence-electron chi connectivity index (χ1n) is 6.92. The summed E-state index contributed by atoms with van der Waals surface area (Å²) in [6.45, 7) is 0.836. The molecule has 0 bridgehead atoms. The Kier molecular flexibility index (Phi) is 4.03. The summed E-state index contributed by atoms with van der Waals surface area (Å²) < 4.78 is 1.10. The Balaban J connectivity index is 1.75. The van der Waals surface area contributed by atoms with Gasteiger partial charge < -0.3 is 10.3 Å². The van der Waals surface area contributed by atoms with Crippen molar-refractivity contribution >= 4 is 15.9 Å². The number of aromatic nitrogens is 1. The number of H-pyrrole nitrogens is 1. The molecule has 20 heavy (non-hydrogen) atoms. The van der Waals surface area contributed by atoms with Gasteiger partial charge in [0, 0.05) is 28.8 Å². The Hall–Kier alpha value is -1.39. The predicted molar refractivity (Wildman–Crippen MR) is 83.7 cm³/mol. The summed E-state index contributed by atoms with van der Waals surface area (Å²) in [6.07, 6.45) is 3.20. The molecule has 1 aliphatic rings. The molecule has 3 nitrogen and oxygen atoms in total. The van der Waals surface area contributed by atoms with E-state index in [4.69, 9.17) is 0 Å². The van der Waals surface area contributed by atoms with Crippen LogP contribution >= 0.6 is 15.9 Å². The van der Waals surface area contributed by atoms with Gasteiger partial charge in [0.25, 0.3) is 0 Å². The van der Waals surface area contributed by atoms with Gasteiger partial charge in [-0.15, -0.1) is 0 Å². The molecule has 1 aromatic carbocycles. The van der Waals surface area contributed by atoms with Gasteiger partial charge in [-0.2, -0.15) is 0 Å². The zero-order valence-corrected chi connectivity index (χ0v) is 12.7. The van der Waals surface area contributed by atoms with Crippen LogP contribution in [0, 0.1) is 0 Å². The molecular weight excluding hydrogens is 316 g/mol. The molecule has 1 unspecified atom stereocenters. The van der Waals surface area contributed by atoms with Gasteiger partial charge in [0.2, 0.25) is 5.56 Å². The predicted octanol–water partition coefficient (Wildman–Crippen LogP) is 3.30. The second kappa shape index (κ2) is 5.94. The average Bonchev–Trinajstić information content (AvgIpc) is 2.44. The van der Waals surface area contributed by atoms with Crippen molar-refractivity contribution < 1.29 is 0 Å². The summed E-state index contributed by atoms with van der Waals surface area (Å²) in [4.78, 5) is 14.3. The molecule has 1 aromatic heterocycles. The Morgan fingerprint density at radius 2 is 2.20 bits per heavy atom. The van der Waals surface area contributed by atoms with E-state index in [9.17, 15) is 4.79 Å². The third-order valence-corrected chi connectivity index (χ3v) is 4.27. The van der Waals surface area contributed by atoms with E-state index in [1.54, 1.807) is 6.07 Å². The Labute approximate surface area is 126 Å². The molecule has 0 saturated carbocycles. The standard InChI is InChI=1S/C16H17BrN2O/c17-12-4-1-3-11(9-12)10-18-14-5-2-6-15-13(14)7-8-16(20)19-15/h1,3-4,7-9,14,18H,2,5-6,10H2,(H,19,20). The Bertz CT molecular complexity index is 666. The van der Waals surface area contributed by atoms with Gasteiger partial charge in [0.1, 0.15) is 0 Å². The molecule has 4 heteroatoms. The maximum absolute atomic E-state index is 11.4. The summed E-state index contributed by atoms with van der Waals surface area (Å²) in [5.74, 6) is 0. The van der Waals surface area contributed by atoms with E-state index in [2.05, 4.69) is 38.4 Å². The molecule has 2 aromatic rings. The minimum absolute atomic E-state index is 0.00334. The van der Waals surface area contributed by atoms with Gasteiger partial charge in [0.15, 0.2) is 0 Å². The van der Waals surface area contributed by atoms with Crippen molar-refractivity contribution in [3.8, 4) is 0 Å². The van der Waals surface area contributed by atoms with Gasteiger partial charge in [-0.1, -0.05) is 34.1 Å². The topological polar surface area (TPSA) is 44.9 Å². The zero-order chi connectivity index (χ0) is 13.9. The normalized spacial score (nSPS) is 17.8. The number of aromatic amines is 1. The highest BCUT2D eigenvalue weighted by atomic mass is 79.9. The second-order valence-corrected chi connectivity index (χ2v) is 6.13. The molecule has 0 radical (unpaired) electrons. The first-order chi connectivity index (χ1) is 9.72. The number of halogens is 1. The molecule has 2 N–H and O–H groups in total. The SMILES string of the molecule is O=c1ccc2c([nH]1)CCCC2NCc1cccc(Br)c1. The van der Waals surface area contributed by atoms with Crippen molar-refractivity contribution in [2.24, 2.45) is 0 Å². The summed E-state index contributed by atoms with van der Waals surface area (Å²) in [7, 11) is 0. The molecule has 1 aliphatic carbocycles. The highest BCUT2D eigenvalue weighted by Crippen LogP contribution is 2.27. The van der Waals surface area contributed by atoms with Crippen molar-refractivity contribution in [2.75, 3.05) is 0 Å². The van der Waals surface area contributed by atoms with Crippen LogP contribution in [0.2, 0.25) is 0 Å². The van der Waals surface area contributed by atoms with Gasteiger partial charge in [0.05, 0.1) is 0 Å². The minimum atomic E-state index is -0.00334. The fourth-order valence-electron chi connectivity index (χ4n) is 2.80. The Morgan fingerprint density at radius 3 is 3.05 bits per heavy atom. The van der Waals surface area contributed by atoms with Crippen LogP contribution in [0.15, 0.2) is 45.7 Å². The lowest BCUT2D eigenvalue weighted by atomic mass is 9.91. The van der Waals surface area contributed by atoms with Gasteiger partial charge in [-0.3, -0.25) is 4.79 Å². The van der Waals surface area contributed by atoms with E-state index < -0.39 is 0 Å². The smallest absolute Gasteiger partial charge is 0.248 e. The number of fused-ring (bicyclic) bond motifs is 1. The van der Waals surface area contributed by atoms with Crippen molar-refractivity contribution in [3.63, 3.8) is 0 Å². The average molecular weight is 333 g/mol. The number of nitrogens with one attached hydrogen (secondary N) is 2. The largest absolute Gasteiger partial charge is 0.326 e. The molecule has 3 rings (SSSR count). The van der Waals surface area contributed by atoms with Crippen molar-refractivity contribution in [2.45, 2.75) is 31.8 Å². The van der Waals surface area contributed by atoms with E-state index in [1.807, 2.05) is 18.2 Å². The van der Waals surface area contributed by atoms with E-state index >= 15 is 0 Å². The number of hydrogen-bond acceptors (Lipinski definition) is 2. The highest BCUT2D eigenvalue weighted by Gasteiger charge is 2.20. The summed E-state index contributed by atoms with van der Waals surface area (Å²) in [5.41, 5.74) is 3.59. The quantitative estimate of drug-likeness (QED) is 0.905. The first-order valence-corrected chi connectivity index (χ1v) is 7.71. The van der Waals surface area contributed by atoms with Crippen molar-refractivity contribution in [1.82, 2.24) is 10.3 Å². The lowest BCUT2D eigenvalue weighted by molar-refractivity contribution is 0.453. The third-order valence-electron chi connectivity index (χ3n) is 3.77. The van der Waals surface area contributed by atoms with E-state index in [0.29, 0.717) is 6.04 Å². The minimum Gasteiger partial charge on any atom is -0.326 e. The number of benzene rings is 1.